The molecule has 0 fully saturated rings. The van der Waals surface area contributed by atoms with E-state index >= 15 is 0 Å². The summed E-state index contributed by atoms with van der Waals surface area (Å²) in [5.41, 5.74) is 4.06. The second-order valence-corrected chi connectivity index (χ2v) is 7.06. The van der Waals surface area contributed by atoms with Gasteiger partial charge in [0.1, 0.15) is 5.75 Å². The van der Waals surface area contributed by atoms with Crippen molar-refractivity contribution in [2.45, 2.75) is 38.6 Å². The molecule has 2 aromatic carbocycles. The van der Waals surface area contributed by atoms with Gasteiger partial charge in [0, 0.05) is 36.6 Å². The Labute approximate surface area is 171 Å². The Bertz CT molecular complexity index is 906. The largest absolute Gasteiger partial charge is 0.496 e. The van der Waals surface area contributed by atoms with Crippen molar-refractivity contribution < 1.29 is 23.8 Å². The lowest BCUT2D eigenvalue weighted by atomic mass is 10.0. The quantitative estimate of drug-likeness (QED) is 0.656. The maximum absolute atomic E-state index is 12.4. The minimum Gasteiger partial charge on any atom is -0.496 e. The van der Waals surface area contributed by atoms with Crippen molar-refractivity contribution in [1.82, 2.24) is 5.32 Å². The first kappa shape index (κ1) is 20.7. The molecule has 0 saturated carbocycles. The van der Waals surface area contributed by atoms with E-state index in [-0.39, 0.29) is 31.1 Å². The summed E-state index contributed by atoms with van der Waals surface area (Å²) in [7, 11) is 4.66. The minimum absolute atomic E-state index is 0.00135. The highest BCUT2D eigenvalue weighted by Crippen LogP contribution is 2.34. The van der Waals surface area contributed by atoms with Gasteiger partial charge in [0.05, 0.1) is 21.3 Å². The molecule has 0 radical (unpaired) electrons. The molecule has 1 N–H and O–H groups in total. The topological polar surface area (TPSA) is 73.9 Å². The van der Waals surface area contributed by atoms with Crippen LogP contribution < -0.4 is 19.5 Å². The van der Waals surface area contributed by atoms with Gasteiger partial charge in [-0.25, -0.2) is 0 Å². The second-order valence-electron chi connectivity index (χ2n) is 7.06. The van der Waals surface area contributed by atoms with E-state index in [2.05, 4.69) is 5.32 Å². The highest BCUT2D eigenvalue weighted by atomic mass is 16.5. The van der Waals surface area contributed by atoms with E-state index < -0.39 is 0 Å². The summed E-state index contributed by atoms with van der Waals surface area (Å²) >= 11 is 0. The van der Waals surface area contributed by atoms with Gasteiger partial charge >= 0.3 is 0 Å². The summed E-state index contributed by atoms with van der Waals surface area (Å²) in [5.74, 6) is 1.52. The average molecular weight is 397 g/mol. The summed E-state index contributed by atoms with van der Waals surface area (Å²) < 4.78 is 15.9. The van der Waals surface area contributed by atoms with Crippen molar-refractivity contribution in [2.24, 2.45) is 0 Å². The number of hydrogen-bond donors (Lipinski definition) is 1. The molecule has 0 aliphatic heterocycles. The van der Waals surface area contributed by atoms with Gasteiger partial charge in [-0.15, -0.1) is 0 Å². The Balaban J connectivity index is 1.55. The number of carbonyl (C=O) groups excluding carboxylic acids is 2. The first-order valence-corrected chi connectivity index (χ1v) is 9.76. The van der Waals surface area contributed by atoms with Crippen molar-refractivity contribution in [2.75, 3.05) is 21.3 Å². The lowest BCUT2D eigenvalue weighted by Gasteiger charge is -2.14. The molecule has 0 bridgehead atoms. The smallest absolute Gasteiger partial charge is 0.220 e. The fourth-order valence-electron chi connectivity index (χ4n) is 3.63. The van der Waals surface area contributed by atoms with Gasteiger partial charge in [-0.05, 0) is 42.5 Å². The molecule has 0 unspecified atom stereocenters. The van der Waals surface area contributed by atoms with Gasteiger partial charge in [-0.2, -0.15) is 0 Å². The molecular weight excluding hydrogens is 370 g/mol. The Morgan fingerprint density at radius 3 is 2.28 bits per heavy atom. The molecule has 3 rings (SSSR count). The number of hydrogen-bond acceptors (Lipinski definition) is 5. The van der Waals surface area contributed by atoms with Gasteiger partial charge in [-0.1, -0.05) is 12.1 Å². The third-order valence-corrected chi connectivity index (χ3v) is 5.26. The van der Waals surface area contributed by atoms with Crippen molar-refractivity contribution in [3.8, 4) is 17.2 Å². The maximum Gasteiger partial charge on any atom is 0.220 e. The van der Waals surface area contributed by atoms with E-state index in [0.29, 0.717) is 22.8 Å². The Kier molecular flexibility index (Phi) is 6.75. The van der Waals surface area contributed by atoms with Gasteiger partial charge in [0.25, 0.3) is 0 Å². The maximum atomic E-state index is 12.4. The Morgan fingerprint density at radius 1 is 0.862 bits per heavy atom. The molecule has 6 heteroatoms. The summed E-state index contributed by atoms with van der Waals surface area (Å²) in [5, 5.41) is 2.84. The third kappa shape index (κ3) is 4.88. The number of benzene rings is 2. The molecule has 0 spiro atoms. The predicted octanol–water partition coefficient (Wildman–Crippen LogP) is 3.48. The minimum atomic E-state index is -0.184. The number of carbonyl (C=O) groups is 2. The monoisotopic (exact) mass is 397 g/mol. The molecule has 154 valence electrons. The van der Waals surface area contributed by atoms with E-state index in [1.807, 2.05) is 18.2 Å². The first-order valence-electron chi connectivity index (χ1n) is 9.76. The number of fused-ring (bicyclic) bond motifs is 1. The van der Waals surface area contributed by atoms with Crippen molar-refractivity contribution in [3.05, 3.63) is 52.6 Å². The summed E-state index contributed by atoms with van der Waals surface area (Å²) in [6, 6.07) is 9.39. The molecule has 0 atom stereocenters. The molecule has 1 amide bonds. The second kappa shape index (κ2) is 9.45. The molecule has 1 aliphatic rings. The number of rotatable bonds is 9. The van der Waals surface area contributed by atoms with Crippen LogP contribution in [0.5, 0.6) is 17.2 Å². The summed E-state index contributed by atoms with van der Waals surface area (Å²) in [6.45, 7) is 0.273. The third-order valence-electron chi connectivity index (χ3n) is 5.26. The molecule has 6 nitrogen and oxygen atoms in total. The lowest BCUT2D eigenvalue weighted by molar-refractivity contribution is -0.121. The zero-order valence-corrected chi connectivity index (χ0v) is 17.2. The van der Waals surface area contributed by atoms with E-state index in [0.717, 1.165) is 24.8 Å². The molecule has 0 aromatic heterocycles. The highest BCUT2D eigenvalue weighted by molar-refractivity contribution is 5.98. The van der Waals surface area contributed by atoms with Crippen LogP contribution in [0.15, 0.2) is 30.3 Å². The van der Waals surface area contributed by atoms with Crippen LogP contribution in [0, 0.1) is 0 Å². The van der Waals surface area contributed by atoms with Crippen LogP contribution >= 0.6 is 0 Å². The van der Waals surface area contributed by atoms with Crippen molar-refractivity contribution in [1.29, 1.82) is 0 Å². The van der Waals surface area contributed by atoms with Crippen molar-refractivity contribution in [3.63, 3.8) is 0 Å². The standard InChI is InChI=1S/C23H27NO5/c1-27-20-13-22(29-3)21(28-2)12-18(20)14-24-23(26)10-9-19(25)17-8-7-15-5-4-6-16(15)11-17/h7-8,11-13H,4-6,9-10,14H2,1-3H3,(H,24,26). The fourth-order valence-corrected chi connectivity index (χ4v) is 3.63. The van der Waals surface area contributed by atoms with E-state index in [1.54, 1.807) is 33.5 Å². The zero-order chi connectivity index (χ0) is 20.8. The van der Waals surface area contributed by atoms with Gasteiger partial charge in [0.15, 0.2) is 17.3 Å². The van der Waals surface area contributed by atoms with Crippen LogP contribution in [0.4, 0.5) is 0 Å². The normalized spacial score (nSPS) is 12.2. The highest BCUT2D eigenvalue weighted by Gasteiger charge is 2.16. The molecule has 0 heterocycles. The van der Waals surface area contributed by atoms with Crippen LogP contribution in [0.1, 0.15) is 46.3 Å². The number of ether oxygens (including phenoxy) is 3. The van der Waals surface area contributed by atoms with Crippen LogP contribution in [-0.2, 0) is 24.2 Å². The number of amides is 1. The Morgan fingerprint density at radius 2 is 1.55 bits per heavy atom. The number of methoxy groups -OCH3 is 3. The number of Topliss-reactive ketones (excluding diaryl/α,β-unsaturated/α-hetero) is 1. The van der Waals surface area contributed by atoms with Crippen LogP contribution in [-0.4, -0.2) is 33.0 Å². The molecular formula is C23H27NO5. The first-order chi connectivity index (χ1) is 14.0. The SMILES string of the molecule is COc1cc(OC)c(OC)cc1CNC(=O)CCC(=O)c1ccc2c(c1)CCC2. The van der Waals surface area contributed by atoms with Crippen molar-refractivity contribution >= 4 is 11.7 Å². The molecule has 29 heavy (non-hydrogen) atoms. The van der Waals surface area contributed by atoms with Gasteiger partial charge in [0.2, 0.25) is 5.91 Å². The molecule has 2 aromatic rings. The van der Waals surface area contributed by atoms with E-state index in [4.69, 9.17) is 14.2 Å². The van der Waals surface area contributed by atoms with Crippen LogP contribution in [0.2, 0.25) is 0 Å². The average Bonchev–Trinajstić information content (AvgIpc) is 3.23. The zero-order valence-electron chi connectivity index (χ0n) is 17.2. The van der Waals surface area contributed by atoms with Crippen LogP contribution in [0.3, 0.4) is 0 Å². The summed E-state index contributed by atoms with van der Waals surface area (Å²) in [6.07, 6.45) is 3.60. The number of aryl methyl sites for hydroxylation is 2. The van der Waals surface area contributed by atoms with Gasteiger partial charge in [-0.3, -0.25) is 9.59 Å². The fraction of sp³-hybridized carbons (Fsp3) is 0.391. The molecule has 1 aliphatic carbocycles. The number of ketones is 1. The summed E-state index contributed by atoms with van der Waals surface area (Å²) in [4.78, 5) is 24.7. The predicted molar refractivity (Wildman–Crippen MR) is 110 cm³/mol. The van der Waals surface area contributed by atoms with E-state index in [1.165, 1.54) is 11.1 Å². The lowest BCUT2D eigenvalue weighted by Crippen LogP contribution is -2.23. The van der Waals surface area contributed by atoms with E-state index in [9.17, 15) is 9.59 Å². The molecule has 0 saturated heterocycles. The van der Waals surface area contributed by atoms with Gasteiger partial charge < -0.3 is 19.5 Å². The number of nitrogens with one attached hydrogen (secondary N) is 1. The Hall–Kier alpha value is -3.02. The van der Waals surface area contributed by atoms with Crippen LogP contribution in [0.25, 0.3) is 0 Å².